The fourth-order valence-electron chi connectivity index (χ4n) is 2.69. The van der Waals surface area contributed by atoms with Gasteiger partial charge in [-0.3, -0.25) is 0 Å². The Labute approximate surface area is 131 Å². The number of hydrogen-bond acceptors (Lipinski definition) is 5. The van der Waals surface area contributed by atoms with Crippen LogP contribution >= 0.6 is 0 Å². The van der Waals surface area contributed by atoms with E-state index in [1.54, 1.807) is 0 Å². The first-order valence-corrected chi connectivity index (χ1v) is 7.86. The summed E-state index contributed by atoms with van der Waals surface area (Å²) < 4.78 is 5.64. The maximum atomic E-state index is 5.64. The number of nitrogens with zero attached hydrogens (tertiary/aromatic N) is 3. The Balaban J connectivity index is 1.86. The van der Waals surface area contributed by atoms with Crippen molar-refractivity contribution in [3.8, 4) is 5.75 Å². The highest BCUT2D eigenvalue weighted by atomic mass is 16.5. The monoisotopic (exact) mass is 298 g/mol. The van der Waals surface area contributed by atoms with E-state index in [9.17, 15) is 0 Å². The minimum absolute atomic E-state index is 0.619. The zero-order valence-corrected chi connectivity index (χ0v) is 13.2. The molecule has 0 unspecified atom stereocenters. The zero-order valence-electron chi connectivity index (χ0n) is 13.2. The molecule has 1 aliphatic rings. The molecule has 5 nitrogen and oxygen atoms in total. The van der Waals surface area contributed by atoms with E-state index in [1.807, 2.05) is 44.2 Å². The van der Waals surface area contributed by atoms with Crippen LogP contribution in [-0.2, 0) is 0 Å². The molecule has 0 amide bonds. The van der Waals surface area contributed by atoms with Gasteiger partial charge in [0, 0.05) is 24.8 Å². The highest BCUT2D eigenvalue weighted by Gasteiger charge is 2.15. The molecule has 3 rings (SSSR count). The van der Waals surface area contributed by atoms with Crippen molar-refractivity contribution in [1.82, 2.24) is 9.97 Å². The molecule has 5 heteroatoms. The van der Waals surface area contributed by atoms with Crippen LogP contribution in [0.15, 0.2) is 30.3 Å². The second-order valence-electron chi connectivity index (χ2n) is 5.44. The Morgan fingerprint density at radius 2 is 1.95 bits per heavy atom. The maximum Gasteiger partial charge on any atom is 0.229 e. The van der Waals surface area contributed by atoms with Gasteiger partial charge in [0.25, 0.3) is 0 Å². The lowest BCUT2D eigenvalue weighted by Gasteiger charge is -2.18. The van der Waals surface area contributed by atoms with Gasteiger partial charge in [0.2, 0.25) is 5.95 Å². The van der Waals surface area contributed by atoms with Crippen molar-refractivity contribution in [2.45, 2.75) is 26.7 Å². The molecule has 1 fully saturated rings. The molecule has 0 bridgehead atoms. The van der Waals surface area contributed by atoms with Crippen molar-refractivity contribution in [2.75, 3.05) is 29.9 Å². The smallest absolute Gasteiger partial charge is 0.229 e. The van der Waals surface area contributed by atoms with Gasteiger partial charge in [-0.1, -0.05) is 12.1 Å². The first-order valence-electron chi connectivity index (χ1n) is 7.86. The van der Waals surface area contributed by atoms with E-state index < -0.39 is 0 Å². The lowest BCUT2D eigenvalue weighted by atomic mass is 10.3. The maximum absolute atomic E-state index is 5.64. The summed E-state index contributed by atoms with van der Waals surface area (Å²) in [4.78, 5) is 11.5. The van der Waals surface area contributed by atoms with E-state index >= 15 is 0 Å². The number of anilines is 3. The average Bonchev–Trinajstić information content (AvgIpc) is 3.03. The molecule has 0 atom stereocenters. The van der Waals surface area contributed by atoms with E-state index in [1.165, 1.54) is 12.8 Å². The molecule has 1 aromatic carbocycles. The number of rotatable bonds is 5. The Morgan fingerprint density at radius 3 is 2.73 bits per heavy atom. The molecular weight excluding hydrogens is 276 g/mol. The summed E-state index contributed by atoms with van der Waals surface area (Å²) in [5, 5.41) is 3.29. The number of aromatic nitrogens is 2. The quantitative estimate of drug-likeness (QED) is 0.915. The summed E-state index contributed by atoms with van der Waals surface area (Å²) in [6.45, 7) is 6.76. The van der Waals surface area contributed by atoms with Crippen LogP contribution in [-0.4, -0.2) is 29.7 Å². The normalized spacial score (nSPS) is 14.2. The predicted molar refractivity (Wildman–Crippen MR) is 89.1 cm³/mol. The molecule has 2 aromatic rings. The van der Waals surface area contributed by atoms with Crippen molar-refractivity contribution in [3.05, 3.63) is 36.0 Å². The molecular formula is C17H22N4O. The third-order valence-corrected chi connectivity index (χ3v) is 3.70. The first kappa shape index (κ1) is 14.6. The topological polar surface area (TPSA) is 50.3 Å². The van der Waals surface area contributed by atoms with Crippen molar-refractivity contribution in [1.29, 1.82) is 0 Å². The highest BCUT2D eigenvalue weighted by molar-refractivity contribution is 5.63. The van der Waals surface area contributed by atoms with Gasteiger partial charge in [0.1, 0.15) is 11.6 Å². The number of para-hydroxylation sites is 2. The van der Waals surface area contributed by atoms with Crippen LogP contribution in [0.25, 0.3) is 0 Å². The van der Waals surface area contributed by atoms with Crippen molar-refractivity contribution in [3.63, 3.8) is 0 Å². The fourth-order valence-corrected chi connectivity index (χ4v) is 2.69. The van der Waals surface area contributed by atoms with Crippen molar-refractivity contribution in [2.24, 2.45) is 0 Å². The van der Waals surface area contributed by atoms with Crippen LogP contribution in [0, 0.1) is 6.92 Å². The highest BCUT2D eigenvalue weighted by Crippen LogP contribution is 2.27. The van der Waals surface area contributed by atoms with E-state index in [2.05, 4.69) is 20.2 Å². The second-order valence-corrected chi connectivity index (χ2v) is 5.44. The number of hydrogen-bond donors (Lipinski definition) is 1. The van der Waals surface area contributed by atoms with Crippen LogP contribution in [0.3, 0.4) is 0 Å². The molecule has 2 heterocycles. The van der Waals surface area contributed by atoms with E-state index in [0.29, 0.717) is 12.6 Å². The van der Waals surface area contributed by atoms with Gasteiger partial charge in [-0.15, -0.1) is 0 Å². The number of nitrogens with one attached hydrogen (secondary N) is 1. The van der Waals surface area contributed by atoms with E-state index in [4.69, 9.17) is 4.74 Å². The van der Waals surface area contributed by atoms with Crippen molar-refractivity contribution >= 4 is 17.5 Å². The number of aryl methyl sites for hydroxylation is 1. The van der Waals surface area contributed by atoms with Gasteiger partial charge in [0.15, 0.2) is 0 Å². The van der Waals surface area contributed by atoms with Gasteiger partial charge in [-0.05, 0) is 38.8 Å². The molecule has 1 aliphatic heterocycles. The van der Waals surface area contributed by atoms with Gasteiger partial charge >= 0.3 is 0 Å². The summed E-state index contributed by atoms with van der Waals surface area (Å²) in [6, 6.07) is 9.91. The molecule has 1 N–H and O–H groups in total. The summed E-state index contributed by atoms with van der Waals surface area (Å²) in [5.41, 5.74) is 1.86. The van der Waals surface area contributed by atoms with Crippen LogP contribution in [0.1, 0.15) is 25.5 Å². The Kier molecular flexibility index (Phi) is 4.42. The minimum atomic E-state index is 0.619. The molecule has 0 radical (unpaired) electrons. The van der Waals surface area contributed by atoms with E-state index in [0.717, 1.165) is 36.0 Å². The molecule has 0 aliphatic carbocycles. The first-order chi connectivity index (χ1) is 10.8. The third kappa shape index (κ3) is 3.30. The average molecular weight is 298 g/mol. The predicted octanol–water partition coefficient (Wildman–Crippen LogP) is 3.53. The summed E-state index contributed by atoms with van der Waals surface area (Å²) in [7, 11) is 0. The van der Waals surface area contributed by atoms with Crippen LogP contribution in [0.4, 0.5) is 17.5 Å². The lowest BCUT2D eigenvalue weighted by Crippen LogP contribution is -2.19. The minimum Gasteiger partial charge on any atom is -0.492 e. The number of ether oxygens (including phenoxy) is 1. The summed E-state index contributed by atoms with van der Waals surface area (Å²) in [6.07, 6.45) is 2.47. The fraction of sp³-hybridized carbons (Fsp3) is 0.412. The Bertz CT molecular complexity index is 638. The zero-order chi connectivity index (χ0) is 15.4. The Hall–Kier alpha value is -2.30. The summed E-state index contributed by atoms with van der Waals surface area (Å²) >= 11 is 0. The SMILES string of the molecule is CCOc1ccccc1Nc1nc(C)cc(N2CCCC2)n1. The molecule has 22 heavy (non-hydrogen) atoms. The van der Waals surface area contributed by atoms with Crippen molar-refractivity contribution < 1.29 is 4.74 Å². The Morgan fingerprint density at radius 1 is 1.18 bits per heavy atom. The van der Waals surface area contributed by atoms with Crippen LogP contribution < -0.4 is 15.0 Å². The van der Waals surface area contributed by atoms with Gasteiger partial charge in [-0.2, -0.15) is 4.98 Å². The third-order valence-electron chi connectivity index (χ3n) is 3.70. The summed E-state index contributed by atoms with van der Waals surface area (Å²) in [5.74, 6) is 2.44. The van der Waals surface area contributed by atoms with Crippen LogP contribution in [0.5, 0.6) is 5.75 Å². The van der Waals surface area contributed by atoms with E-state index in [-0.39, 0.29) is 0 Å². The second kappa shape index (κ2) is 6.64. The number of benzene rings is 1. The van der Waals surface area contributed by atoms with Gasteiger partial charge in [0.05, 0.1) is 12.3 Å². The molecule has 0 spiro atoms. The van der Waals surface area contributed by atoms with Gasteiger partial charge in [-0.25, -0.2) is 4.98 Å². The van der Waals surface area contributed by atoms with Crippen LogP contribution in [0.2, 0.25) is 0 Å². The molecule has 1 aromatic heterocycles. The molecule has 116 valence electrons. The largest absolute Gasteiger partial charge is 0.492 e. The lowest BCUT2D eigenvalue weighted by molar-refractivity contribution is 0.342. The molecule has 1 saturated heterocycles. The van der Waals surface area contributed by atoms with Gasteiger partial charge < -0.3 is 15.0 Å². The standard InChI is InChI=1S/C17H22N4O/c1-3-22-15-9-5-4-8-14(15)19-17-18-13(2)12-16(20-17)21-10-6-7-11-21/h4-5,8-9,12H,3,6-7,10-11H2,1-2H3,(H,18,19,20). The molecule has 0 saturated carbocycles.